The predicted molar refractivity (Wildman–Crippen MR) is 108 cm³/mol. The Morgan fingerprint density at radius 1 is 1.28 bits per heavy atom. The number of ether oxygens (including phenoxy) is 2. The number of halogens is 3. The molecule has 0 saturated heterocycles. The molecular formula is C20H17BF3N3O5. The number of aromatic nitrogens is 2. The first-order valence-corrected chi connectivity index (χ1v) is 9.41. The van der Waals surface area contributed by atoms with E-state index in [0.717, 1.165) is 12.2 Å². The summed E-state index contributed by atoms with van der Waals surface area (Å²) in [6, 6.07) is 4.26. The molecule has 0 aliphatic heterocycles. The van der Waals surface area contributed by atoms with Gasteiger partial charge in [-0.2, -0.15) is 13.2 Å². The Bertz CT molecular complexity index is 1190. The number of carbonyl (C=O) groups is 1. The molecule has 3 aromatic rings. The maximum absolute atomic E-state index is 13.2. The van der Waals surface area contributed by atoms with Crippen molar-refractivity contribution in [2.24, 2.45) is 4.99 Å². The van der Waals surface area contributed by atoms with Gasteiger partial charge in [-0.05, 0) is 0 Å². The van der Waals surface area contributed by atoms with E-state index in [-0.39, 0.29) is 46.2 Å². The fourth-order valence-electron chi connectivity index (χ4n) is 3.01. The van der Waals surface area contributed by atoms with E-state index in [4.69, 9.17) is 13.9 Å². The number of carbonyl (C=O) groups excluding carboxylic acids is 1. The van der Waals surface area contributed by atoms with Crippen LogP contribution in [-0.4, -0.2) is 42.9 Å². The van der Waals surface area contributed by atoms with Crippen LogP contribution in [0.2, 0.25) is 0 Å². The first-order valence-electron chi connectivity index (χ1n) is 9.41. The summed E-state index contributed by atoms with van der Waals surface area (Å²) in [6.45, 7) is 3.28. The van der Waals surface area contributed by atoms with Crippen molar-refractivity contribution >= 4 is 30.1 Å². The molecule has 0 radical (unpaired) electrons. The molecule has 8 nitrogen and oxygen atoms in total. The Hall–Kier alpha value is -3.57. The molecule has 3 rings (SSSR count). The van der Waals surface area contributed by atoms with E-state index in [1.54, 1.807) is 13.8 Å². The third-order valence-corrected chi connectivity index (χ3v) is 4.43. The van der Waals surface area contributed by atoms with Crippen LogP contribution in [0.4, 0.5) is 13.2 Å². The molecule has 0 aliphatic carbocycles. The standard InChI is InChI=1S/C20H17BF3N3O5/c1-4-31-19(28)16-17(10(2)25-9-21-29)32-18(27-16)12-5-7-13(30-3)15-11(12)6-8-14(26-15)20(22,23)24/h5-10H,4H2,1-3H3/t10-/m0/s1. The molecule has 0 N–H and O–H groups in total. The van der Waals surface area contributed by atoms with Gasteiger partial charge < -0.3 is 0 Å². The van der Waals surface area contributed by atoms with E-state index in [1.807, 2.05) is 0 Å². The number of hydrogen-bond acceptors (Lipinski definition) is 8. The van der Waals surface area contributed by atoms with E-state index in [2.05, 4.69) is 15.0 Å². The van der Waals surface area contributed by atoms with Gasteiger partial charge in [0.15, 0.2) is 0 Å². The van der Waals surface area contributed by atoms with Crippen LogP contribution in [-0.2, 0) is 15.6 Å². The molecule has 1 atom stereocenters. The molecule has 0 spiro atoms. The maximum atomic E-state index is 13.2. The van der Waals surface area contributed by atoms with Gasteiger partial charge in [-0.1, -0.05) is 0 Å². The van der Waals surface area contributed by atoms with E-state index >= 15 is 0 Å². The molecule has 0 aliphatic rings. The average molecular weight is 447 g/mol. The van der Waals surface area contributed by atoms with Gasteiger partial charge in [0.1, 0.15) is 0 Å². The van der Waals surface area contributed by atoms with Gasteiger partial charge in [0.2, 0.25) is 0 Å². The van der Waals surface area contributed by atoms with Crippen LogP contribution in [0.25, 0.3) is 22.4 Å². The Kier molecular flexibility index (Phi) is 6.71. The molecule has 0 fully saturated rings. The number of methoxy groups -OCH3 is 1. The topological polar surface area (TPSA) is 104 Å². The first kappa shape index (κ1) is 23.1. The second-order valence-electron chi connectivity index (χ2n) is 6.47. The molecule has 0 amide bonds. The van der Waals surface area contributed by atoms with Gasteiger partial charge in [-0.15, -0.1) is 0 Å². The fraction of sp³-hybridized carbons (Fsp3) is 0.300. The molecule has 0 unspecified atom stereocenters. The summed E-state index contributed by atoms with van der Waals surface area (Å²) in [5.74, 6) is -0.650. The second kappa shape index (κ2) is 9.29. The van der Waals surface area contributed by atoms with Crippen molar-refractivity contribution in [1.82, 2.24) is 9.97 Å². The van der Waals surface area contributed by atoms with Crippen LogP contribution in [0.1, 0.15) is 41.8 Å². The molecule has 1 aromatic carbocycles. The molecule has 2 heterocycles. The number of pyridine rings is 1. The summed E-state index contributed by atoms with van der Waals surface area (Å²) in [6.07, 6.45) is -3.64. The number of fused-ring (bicyclic) bond motifs is 1. The number of nitrogens with zero attached hydrogens (tertiary/aromatic N) is 3. The minimum absolute atomic E-state index is 0.0420. The fourth-order valence-corrected chi connectivity index (χ4v) is 3.01. The van der Waals surface area contributed by atoms with Crippen molar-refractivity contribution in [2.45, 2.75) is 26.1 Å². The summed E-state index contributed by atoms with van der Waals surface area (Å²) >= 11 is 0. The zero-order chi connectivity index (χ0) is 23.5. The second-order valence-corrected chi connectivity index (χ2v) is 6.47. The van der Waals surface area contributed by atoms with Crippen LogP contribution >= 0.6 is 0 Å². The molecular weight excluding hydrogens is 430 g/mol. The zero-order valence-corrected chi connectivity index (χ0v) is 17.3. The van der Waals surface area contributed by atoms with Crippen molar-refractivity contribution in [3.63, 3.8) is 0 Å². The molecule has 166 valence electrons. The number of alkyl halides is 3. The summed E-state index contributed by atoms with van der Waals surface area (Å²) in [7, 11) is 1.78. The van der Waals surface area contributed by atoms with Crippen LogP contribution in [0.15, 0.2) is 33.7 Å². The van der Waals surface area contributed by atoms with Crippen LogP contribution in [0, 0.1) is 0 Å². The van der Waals surface area contributed by atoms with Gasteiger partial charge in [-0.25, -0.2) is 0 Å². The van der Waals surface area contributed by atoms with Crippen LogP contribution in [0.3, 0.4) is 0 Å². The van der Waals surface area contributed by atoms with Gasteiger partial charge >= 0.3 is 167 Å². The van der Waals surface area contributed by atoms with E-state index in [9.17, 15) is 22.7 Å². The first-order chi connectivity index (χ1) is 15.2. The molecule has 0 saturated carbocycles. The summed E-state index contributed by atoms with van der Waals surface area (Å²) in [5, 5.41) is 0.268. The SMILES string of the molecule is CCOC(=O)c1nc(-c2ccc(OC)c3nc(C(F)(F)F)ccc23)oc1[C@H](C)N=CB=O. The molecule has 2 aromatic heterocycles. The van der Waals surface area contributed by atoms with Crippen molar-refractivity contribution in [2.75, 3.05) is 13.7 Å². The van der Waals surface area contributed by atoms with Crippen molar-refractivity contribution in [3.05, 3.63) is 41.4 Å². The monoisotopic (exact) mass is 447 g/mol. The number of oxazole rings is 1. The van der Waals surface area contributed by atoms with Crippen molar-refractivity contribution in [3.8, 4) is 17.2 Å². The van der Waals surface area contributed by atoms with E-state index < -0.39 is 23.9 Å². The van der Waals surface area contributed by atoms with Gasteiger partial charge in [-0.3, -0.25) is 0 Å². The average Bonchev–Trinajstić information content (AvgIpc) is 3.21. The zero-order valence-electron chi connectivity index (χ0n) is 17.3. The number of aliphatic imine (C=N–C) groups is 1. The Labute approximate surface area is 180 Å². The number of esters is 1. The van der Waals surface area contributed by atoms with Crippen molar-refractivity contribution < 1.29 is 36.6 Å². The van der Waals surface area contributed by atoms with Crippen LogP contribution < -0.4 is 4.74 Å². The number of rotatable bonds is 7. The third kappa shape index (κ3) is 4.53. The van der Waals surface area contributed by atoms with Gasteiger partial charge in [0, 0.05) is 0 Å². The van der Waals surface area contributed by atoms with Crippen molar-refractivity contribution in [1.29, 1.82) is 0 Å². The van der Waals surface area contributed by atoms with E-state index in [0.29, 0.717) is 7.15 Å². The van der Waals surface area contributed by atoms with E-state index in [1.165, 1.54) is 25.3 Å². The Balaban J connectivity index is 2.22. The van der Waals surface area contributed by atoms with Gasteiger partial charge in [0.25, 0.3) is 0 Å². The molecule has 0 bridgehead atoms. The summed E-state index contributed by atoms with van der Waals surface area (Å²) < 4.78 is 66.0. The Morgan fingerprint density at radius 2 is 2.03 bits per heavy atom. The molecule has 12 heteroatoms. The predicted octanol–water partition coefficient (Wildman–Crippen LogP) is 4.23. The van der Waals surface area contributed by atoms with Gasteiger partial charge in [0.05, 0.1) is 0 Å². The number of benzene rings is 1. The summed E-state index contributed by atoms with van der Waals surface area (Å²) in [5.41, 5.74) is -1.01. The normalized spacial score (nSPS) is 12.7. The minimum atomic E-state index is -4.64. The number of hydrogen-bond donors (Lipinski definition) is 0. The molecule has 32 heavy (non-hydrogen) atoms. The Morgan fingerprint density at radius 3 is 2.66 bits per heavy atom. The summed E-state index contributed by atoms with van der Waals surface area (Å²) in [4.78, 5) is 24.3. The quantitative estimate of drug-likeness (QED) is 0.303. The third-order valence-electron chi connectivity index (χ3n) is 4.43. The van der Waals surface area contributed by atoms with Crippen LogP contribution in [0.5, 0.6) is 5.75 Å².